The molecule has 132 valence electrons. The quantitative estimate of drug-likeness (QED) is 0.222. The third kappa shape index (κ3) is 4.88. The molecule has 0 atom stereocenters. The first kappa shape index (κ1) is 18.1. The van der Waals surface area contributed by atoms with Crippen molar-refractivity contribution >= 4 is 34.3 Å². The molecule has 0 bridgehead atoms. The van der Waals surface area contributed by atoms with E-state index in [9.17, 15) is 25.1 Å². The van der Waals surface area contributed by atoms with Gasteiger partial charge in [-0.1, -0.05) is 0 Å². The van der Waals surface area contributed by atoms with E-state index >= 15 is 0 Å². The van der Waals surface area contributed by atoms with Gasteiger partial charge in [0.1, 0.15) is 0 Å². The van der Waals surface area contributed by atoms with Crippen LogP contribution in [-0.2, 0) is 16.0 Å². The highest BCUT2D eigenvalue weighted by Crippen LogP contribution is 2.35. The van der Waals surface area contributed by atoms with Crippen molar-refractivity contribution < 1.29 is 24.7 Å². The lowest BCUT2D eigenvalue weighted by Crippen LogP contribution is -2.07. The second-order valence-corrected chi connectivity index (χ2v) is 5.52. The predicted molar refractivity (Wildman–Crippen MR) is 90.1 cm³/mol. The molecule has 0 spiro atoms. The van der Waals surface area contributed by atoms with Crippen LogP contribution in [0.2, 0.25) is 0 Å². The van der Waals surface area contributed by atoms with Crippen LogP contribution < -0.4 is 5.43 Å². The Morgan fingerprint density at radius 2 is 2.28 bits per heavy atom. The molecule has 0 aliphatic carbocycles. The fourth-order valence-corrected chi connectivity index (χ4v) is 2.46. The summed E-state index contributed by atoms with van der Waals surface area (Å²) in [7, 11) is 0. The molecule has 2 aromatic rings. The second-order valence-electron chi connectivity index (χ2n) is 4.66. The number of nitro groups is 1. The number of aromatic hydroxyl groups is 2. The molecule has 25 heavy (non-hydrogen) atoms. The van der Waals surface area contributed by atoms with Crippen LogP contribution in [0.4, 0.5) is 10.8 Å². The van der Waals surface area contributed by atoms with E-state index in [1.807, 2.05) is 0 Å². The number of esters is 1. The lowest BCUT2D eigenvalue weighted by molar-refractivity contribution is -0.386. The Morgan fingerprint density at radius 1 is 1.52 bits per heavy atom. The summed E-state index contributed by atoms with van der Waals surface area (Å²) in [5.74, 6) is -1.81. The Kier molecular flexibility index (Phi) is 5.84. The number of phenolic OH excluding ortho intramolecular Hbond substituents is 2. The predicted octanol–water partition coefficient (Wildman–Crippen LogP) is 2.01. The maximum Gasteiger partial charge on any atom is 0.315 e. The first-order valence-corrected chi connectivity index (χ1v) is 7.88. The van der Waals surface area contributed by atoms with E-state index < -0.39 is 22.1 Å². The Balaban J connectivity index is 2.03. The number of carbonyl (C=O) groups excluding carboxylic acids is 1. The Bertz CT molecular complexity index is 820. The monoisotopic (exact) mass is 366 g/mol. The van der Waals surface area contributed by atoms with Crippen LogP contribution in [-0.4, -0.2) is 38.9 Å². The summed E-state index contributed by atoms with van der Waals surface area (Å²) in [6, 6.07) is 2.19. The average Bonchev–Trinajstić information content (AvgIpc) is 2.97. The van der Waals surface area contributed by atoms with E-state index in [-0.39, 0.29) is 18.0 Å². The normalized spacial score (nSPS) is 10.8. The summed E-state index contributed by atoms with van der Waals surface area (Å²) in [5.41, 5.74) is 2.71. The Morgan fingerprint density at radius 3 is 2.96 bits per heavy atom. The Hall–Kier alpha value is -3.21. The number of nitrogens with one attached hydrogen (secondary N) is 1. The molecule has 0 aliphatic heterocycles. The smallest absolute Gasteiger partial charge is 0.315 e. The first-order valence-electron chi connectivity index (χ1n) is 7.00. The maximum absolute atomic E-state index is 11.4. The van der Waals surface area contributed by atoms with E-state index in [2.05, 4.69) is 15.5 Å². The largest absolute Gasteiger partial charge is 0.504 e. The van der Waals surface area contributed by atoms with Gasteiger partial charge < -0.3 is 14.9 Å². The standard InChI is InChI=1S/C14H14N4O6S/c1-2-24-12(20)5-9-7-25-14(16-9)17-15-6-8-3-10(18(22)23)13(21)11(19)4-8/h3-4,6-7,19,21H,2,5H2,1H3,(H,16,17). The minimum atomic E-state index is -0.817. The number of hydrogen-bond acceptors (Lipinski definition) is 10. The molecule has 10 nitrogen and oxygen atoms in total. The molecule has 0 saturated heterocycles. The molecular formula is C14H14N4O6S. The van der Waals surface area contributed by atoms with Crippen LogP contribution in [0.1, 0.15) is 18.2 Å². The van der Waals surface area contributed by atoms with Gasteiger partial charge in [0.05, 0.1) is 29.9 Å². The summed E-state index contributed by atoms with van der Waals surface area (Å²) in [4.78, 5) is 25.5. The van der Waals surface area contributed by atoms with Gasteiger partial charge in [-0.25, -0.2) is 4.98 Å². The number of hydrazone groups is 1. The third-order valence-corrected chi connectivity index (χ3v) is 3.64. The number of nitro benzene ring substituents is 1. The lowest BCUT2D eigenvalue weighted by atomic mass is 10.2. The molecule has 0 saturated carbocycles. The van der Waals surface area contributed by atoms with Crippen molar-refractivity contribution in [3.63, 3.8) is 0 Å². The summed E-state index contributed by atoms with van der Waals surface area (Å²) < 4.78 is 4.82. The van der Waals surface area contributed by atoms with E-state index in [1.165, 1.54) is 17.6 Å². The third-order valence-electron chi connectivity index (χ3n) is 2.85. The van der Waals surface area contributed by atoms with Gasteiger partial charge in [-0.2, -0.15) is 5.10 Å². The van der Waals surface area contributed by atoms with Crippen molar-refractivity contribution in [1.29, 1.82) is 0 Å². The summed E-state index contributed by atoms with van der Waals surface area (Å²) in [6.45, 7) is 2.01. The topological polar surface area (TPSA) is 147 Å². The number of hydrogen-bond donors (Lipinski definition) is 3. The van der Waals surface area contributed by atoms with E-state index in [4.69, 9.17) is 4.74 Å². The molecule has 2 rings (SSSR count). The van der Waals surface area contributed by atoms with Crippen LogP contribution in [0.3, 0.4) is 0 Å². The molecular weight excluding hydrogens is 352 g/mol. The molecule has 0 aliphatic rings. The average molecular weight is 366 g/mol. The van der Waals surface area contributed by atoms with Crippen LogP contribution in [0.15, 0.2) is 22.6 Å². The van der Waals surface area contributed by atoms with Gasteiger partial charge in [0.25, 0.3) is 0 Å². The minimum absolute atomic E-state index is 0.0494. The summed E-state index contributed by atoms with van der Waals surface area (Å²) in [6.07, 6.45) is 1.27. The van der Waals surface area contributed by atoms with Crippen molar-refractivity contribution in [2.24, 2.45) is 5.10 Å². The fourth-order valence-electron chi connectivity index (χ4n) is 1.80. The zero-order valence-corrected chi connectivity index (χ0v) is 13.8. The van der Waals surface area contributed by atoms with Gasteiger partial charge >= 0.3 is 11.7 Å². The SMILES string of the molecule is CCOC(=O)Cc1csc(NN=Cc2cc(O)c(O)c([N+](=O)[O-])c2)n1. The van der Waals surface area contributed by atoms with Crippen molar-refractivity contribution in [2.75, 3.05) is 12.0 Å². The van der Waals surface area contributed by atoms with Gasteiger partial charge in [0.15, 0.2) is 5.75 Å². The van der Waals surface area contributed by atoms with Gasteiger partial charge in [-0.3, -0.25) is 20.3 Å². The number of nitrogens with zero attached hydrogens (tertiary/aromatic N) is 3. The van der Waals surface area contributed by atoms with Crippen LogP contribution >= 0.6 is 11.3 Å². The lowest BCUT2D eigenvalue weighted by Gasteiger charge is -2.01. The van der Waals surface area contributed by atoms with Gasteiger partial charge in [0, 0.05) is 17.0 Å². The van der Waals surface area contributed by atoms with Gasteiger partial charge in [-0.05, 0) is 13.0 Å². The zero-order chi connectivity index (χ0) is 18.4. The molecule has 0 radical (unpaired) electrons. The van der Waals surface area contributed by atoms with Crippen molar-refractivity contribution in [1.82, 2.24) is 4.98 Å². The van der Waals surface area contributed by atoms with Crippen LogP contribution in [0.25, 0.3) is 0 Å². The number of thiazole rings is 1. The van der Waals surface area contributed by atoms with Crippen molar-refractivity contribution in [2.45, 2.75) is 13.3 Å². The second kappa shape index (κ2) is 8.06. The highest BCUT2D eigenvalue weighted by Gasteiger charge is 2.18. The van der Waals surface area contributed by atoms with Crippen LogP contribution in [0, 0.1) is 10.1 Å². The first-order chi connectivity index (χ1) is 11.9. The Labute approximate surface area is 145 Å². The fraction of sp³-hybridized carbons (Fsp3) is 0.214. The minimum Gasteiger partial charge on any atom is -0.504 e. The summed E-state index contributed by atoms with van der Waals surface area (Å²) in [5, 5.41) is 35.6. The van der Waals surface area contributed by atoms with E-state index in [0.29, 0.717) is 17.4 Å². The number of anilines is 1. The molecule has 1 heterocycles. The molecule has 1 aromatic heterocycles. The molecule has 11 heteroatoms. The number of ether oxygens (including phenoxy) is 1. The van der Waals surface area contributed by atoms with Crippen LogP contribution in [0.5, 0.6) is 11.5 Å². The highest BCUT2D eigenvalue weighted by molar-refractivity contribution is 7.13. The van der Waals surface area contributed by atoms with E-state index in [0.717, 1.165) is 12.1 Å². The van der Waals surface area contributed by atoms with E-state index in [1.54, 1.807) is 12.3 Å². The summed E-state index contributed by atoms with van der Waals surface area (Å²) >= 11 is 1.22. The highest BCUT2D eigenvalue weighted by atomic mass is 32.1. The number of aromatic nitrogens is 1. The van der Waals surface area contributed by atoms with Crippen molar-refractivity contribution in [3.8, 4) is 11.5 Å². The maximum atomic E-state index is 11.4. The number of benzene rings is 1. The molecule has 0 unspecified atom stereocenters. The van der Waals surface area contributed by atoms with Crippen molar-refractivity contribution in [3.05, 3.63) is 38.9 Å². The zero-order valence-electron chi connectivity index (χ0n) is 13.0. The van der Waals surface area contributed by atoms with Gasteiger partial charge in [-0.15, -0.1) is 11.3 Å². The number of rotatable bonds is 7. The molecule has 0 fully saturated rings. The number of phenols is 2. The molecule has 1 aromatic carbocycles. The molecule has 3 N–H and O–H groups in total. The molecule has 0 amide bonds. The number of carbonyl (C=O) groups is 1. The van der Waals surface area contributed by atoms with Gasteiger partial charge in [0.2, 0.25) is 10.9 Å².